The molecule has 0 saturated heterocycles. The molecule has 3 aromatic rings. The van der Waals surface area contributed by atoms with Crippen LogP contribution in [0.15, 0.2) is 66.1 Å². The van der Waals surface area contributed by atoms with Crippen LogP contribution in [-0.4, -0.2) is 23.3 Å². The molecule has 1 aromatic heterocycles. The second-order valence-corrected chi connectivity index (χ2v) is 5.13. The van der Waals surface area contributed by atoms with E-state index in [0.29, 0.717) is 17.2 Å². The van der Waals surface area contributed by atoms with Gasteiger partial charge in [-0.3, -0.25) is 0 Å². The lowest BCUT2D eigenvalue weighted by atomic mass is 10.2. The van der Waals surface area contributed by atoms with E-state index in [1.165, 1.54) is 19.7 Å². The Kier molecular flexibility index (Phi) is 5.06. The number of oxime groups is 1. The van der Waals surface area contributed by atoms with Crippen LogP contribution in [0.1, 0.15) is 5.56 Å². The zero-order valence-corrected chi connectivity index (χ0v) is 13.7. The van der Waals surface area contributed by atoms with E-state index in [2.05, 4.69) is 25.8 Å². The maximum absolute atomic E-state index is 5.88. The van der Waals surface area contributed by atoms with Crippen LogP contribution >= 0.6 is 0 Å². The molecule has 4 N–H and O–H groups in total. The fourth-order valence-corrected chi connectivity index (χ4v) is 2.20. The number of aromatic nitrogens is 2. The van der Waals surface area contributed by atoms with Gasteiger partial charge in [0.15, 0.2) is 0 Å². The van der Waals surface area contributed by atoms with Crippen molar-refractivity contribution in [3.05, 3.63) is 66.5 Å². The molecule has 0 aliphatic carbocycles. The van der Waals surface area contributed by atoms with E-state index in [0.717, 1.165) is 17.1 Å². The third kappa shape index (κ3) is 4.23. The van der Waals surface area contributed by atoms with Gasteiger partial charge in [-0.25, -0.2) is 9.97 Å². The number of nitrogens with one attached hydrogen (secondary N) is 2. The van der Waals surface area contributed by atoms with Gasteiger partial charge in [0.05, 0.1) is 11.8 Å². The number of benzene rings is 2. The minimum Gasteiger partial charge on any atom is -0.399 e. The highest BCUT2D eigenvalue weighted by atomic mass is 16.6. The van der Waals surface area contributed by atoms with Crippen molar-refractivity contribution in [2.24, 2.45) is 5.16 Å². The second kappa shape index (κ2) is 7.78. The smallest absolute Gasteiger partial charge is 0.144 e. The molecule has 0 spiro atoms. The molecule has 0 atom stereocenters. The molecule has 0 aliphatic rings. The predicted octanol–water partition coefficient (Wildman–Crippen LogP) is 3.53. The molecule has 0 fully saturated rings. The number of nitrogens with zero attached hydrogens (tertiary/aromatic N) is 3. The van der Waals surface area contributed by atoms with Crippen LogP contribution in [0, 0.1) is 0 Å². The zero-order valence-electron chi connectivity index (χ0n) is 13.7. The Morgan fingerprint density at radius 3 is 2.24 bits per heavy atom. The Morgan fingerprint density at radius 1 is 0.920 bits per heavy atom. The highest BCUT2D eigenvalue weighted by Gasteiger charge is 2.08. The molecule has 0 aliphatic heterocycles. The van der Waals surface area contributed by atoms with Gasteiger partial charge in [-0.2, -0.15) is 0 Å². The standard InChI is InChI=1S/C18H18N6O/c1-25-22-11-16-17(19)20-12-21-18(16)24-15-9-7-14(8-10-15)23-13-5-3-2-4-6-13/h2-12,23H,1H3,(H3,19,20,21,24). The third-order valence-corrected chi connectivity index (χ3v) is 3.41. The molecular weight excluding hydrogens is 316 g/mol. The summed E-state index contributed by atoms with van der Waals surface area (Å²) in [6, 6.07) is 17.8. The third-order valence-electron chi connectivity index (χ3n) is 3.41. The summed E-state index contributed by atoms with van der Waals surface area (Å²) in [5.74, 6) is 0.873. The van der Waals surface area contributed by atoms with E-state index in [1.54, 1.807) is 0 Å². The van der Waals surface area contributed by atoms with Crippen LogP contribution in [-0.2, 0) is 4.84 Å². The van der Waals surface area contributed by atoms with E-state index < -0.39 is 0 Å². The molecule has 126 valence electrons. The Morgan fingerprint density at radius 2 is 1.56 bits per heavy atom. The highest BCUT2D eigenvalue weighted by Crippen LogP contribution is 2.23. The maximum atomic E-state index is 5.88. The first-order valence-corrected chi connectivity index (χ1v) is 7.62. The minimum absolute atomic E-state index is 0.320. The Hall–Kier alpha value is -3.61. The van der Waals surface area contributed by atoms with Crippen molar-refractivity contribution in [2.45, 2.75) is 0 Å². The fraction of sp³-hybridized carbons (Fsp3) is 0.0556. The summed E-state index contributed by atoms with van der Waals surface area (Å²) in [5, 5.41) is 10.3. The van der Waals surface area contributed by atoms with Crippen LogP contribution in [0.3, 0.4) is 0 Å². The van der Waals surface area contributed by atoms with Crippen LogP contribution in [0.25, 0.3) is 0 Å². The number of hydrogen-bond donors (Lipinski definition) is 3. The summed E-state index contributed by atoms with van der Waals surface area (Å²) < 4.78 is 0. The minimum atomic E-state index is 0.320. The van der Waals surface area contributed by atoms with E-state index in [9.17, 15) is 0 Å². The first kappa shape index (κ1) is 16.3. The summed E-state index contributed by atoms with van der Waals surface area (Å²) >= 11 is 0. The van der Waals surface area contributed by atoms with Gasteiger partial charge >= 0.3 is 0 Å². The van der Waals surface area contributed by atoms with Crippen molar-refractivity contribution in [1.29, 1.82) is 0 Å². The van der Waals surface area contributed by atoms with Crippen molar-refractivity contribution in [2.75, 3.05) is 23.5 Å². The molecule has 0 amide bonds. The SMILES string of the molecule is CON=Cc1c(N)ncnc1Nc1ccc(Nc2ccccc2)cc1. The summed E-state index contributed by atoms with van der Waals surface area (Å²) in [7, 11) is 1.46. The Bertz CT molecular complexity index is 849. The summed E-state index contributed by atoms with van der Waals surface area (Å²) in [6.07, 6.45) is 2.87. The number of para-hydroxylation sites is 1. The van der Waals surface area contributed by atoms with Gasteiger partial charge in [0.25, 0.3) is 0 Å². The second-order valence-electron chi connectivity index (χ2n) is 5.13. The molecule has 2 aromatic carbocycles. The van der Waals surface area contributed by atoms with Crippen LogP contribution < -0.4 is 16.4 Å². The average molecular weight is 334 g/mol. The number of hydrogen-bond acceptors (Lipinski definition) is 7. The van der Waals surface area contributed by atoms with Crippen molar-refractivity contribution in [3.8, 4) is 0 Å². The van der Waals surface area contributed by atoms with Gasteiger partial charge < -0.3 is 21.2 Å². The van der Waals surface area contributed by atoms with Gasteiger partial charge in [0, 0.05) is 17.1 Å². The summed E-state index contributed by atoms with van der Waals surface area (Å²) in [6.45, 7) is 0. The Balaban J connectivity index is 1.76. The summed E-state index contributed by atoms with van der Waals surface area (Å²) in [4.78, 5) is 12.9. The van der Waals surface area contributed by atoms with E-state index >= 15 is 0 Å². The van der Waals surface area contributed by atoms with Gasteiger partial charge in [0.2, 0.25) is 0 Å². The lowest BCUT2D eigenvalue weighted by Gasteiger charge is -2.11. The van der Waals surface area contributed by atoms with E-state index in [1.807, 2.05) is 54.6 Å². The molecule has 1 heterocycles. The first-order valence-electron chi connectivity index (χ1n) is 7.62. The molecule has 0 bridgehead atoms. The predicted molar refractivity (Wildman–Crippen MR) is 100 cm³/mol. The van der Waals surface area contributed by atoms with Crippen molar-refractivity contribution in [3.63, 3.8) is 0 Å². The van der Waals surface area contributed by atoms with E-state index in [-0.39, 0.29) is 0 Å². The van der Waals surface area contributed by atoms with Crippen molar-refractivity contribution >= 4 is 34.9 Å². The normalized spacial score (nSPS) is 10.6. The molecule has 3 rings (SSSR count). The molecule has 25 heavy (non-hydrogen) atoms. The van der Waals surface area contributed by atoms with Crippen LogP contribution in [0.2, 0.25) is 0 Å². The fourth-order valence-electron chi connectivity index (χ4n) is 2.20. The van der Waals surface area contributed by atoms with Gasteiger partial charge in [0.1, 0.15) is 25.1 Å². The topological polar surface area (TPSA) is 97.5 Å². The first-order chi connectivity index (χ1) is 12.3. The summed E-state index contributed by atoms with van der Waals surface area (Å²) in [5.41, 5.74) is 9.33. The Labute approximate surface area is 145 Å². The van der Waals surface area contributed by atoms with E-state index in [4.69, 9.17) is 10.6 Å². The molecular formula is C18H18N6O. The number of anilines is 5. The molecule has 0 radical (unpaired) electrons. The van der Waals surface area contributed by atoms with Gasteiger partial charge in [-0.1, -0.05) is 23.4 Å². The van der Waals surface area contributed by atoms with Crippen LogP contribution in [0.5, 0.6) is 0 Å². The quantitative estimate of drug-likeness (QED) is 0.471. The molecule has 0 saturated carbocycles. The lowest BCUT2D eigenvalue weighted by Crippen LogP contribution is -2.05. The van der Waals surface area contributed by atoms with Crippen molar-refractivity contribution < 1.29 is 4.84 Å². The maximum Gasteiger partial charge on any atom is 0.144 e. The van der Waals surface area contributed by atoms with Crippen molar-refractivity contribution in [1.82, 2.24) is 9.97 Å². The largest absolute Gasteiger partial charge is 0.399 e. The average Bonchev–Trinajstić information content (AvgIpc) is 2.64. The van der Waals surface area contributed by atoms with Gasteiger partial charge in [-0.15, -0.1) is 0 Å². The highest BCUT2D eigenvalue weighted by molar-refractivity contribution is 5.92. The number of nitrogens with two attached hydrogens (primary N) is 1. The number of rotatable bonds is 6. The monoisotopic (exact) mass is 334 g/mol. The zero-order chi connectivity index (χ0) is 17.5. The van der Waals surface area contributed by atoms with Crippen LogP contribution in [0.4, 0.5) is 28.7 Å². The molecule has 7 heteroatoms. The van der Waals surface area contributed by atoms with Gasteiger partial charge in [-0.05, 0) is 36.4 Å². The number of nitrogen functional groups attached to an aromatic ring is 1. The molecule has 0 unspecified atom stereocenters. The molecule has 7 nitrogen and oxygen atoms in total. The lowest BCUT2D eigenvalue weighted by molar-refractivity contribution is 0.215.